The lowest BCUT2D eigenvalue weighted by Gasteiger charge is -2.19. The summed E-state index contributed by atoms with van der Waals surface area (Å²) >= 11 is 1.53. The number of nitrogens with zero attached hydrogens (tertiary/aromatic N) is 1. The second kappa shape index (κ2) is 5.67. The number of carbonyl (C=O) groups is 1. The summed E-state index contributed by atoms with van der Waals surface area (Å²) in [7, 11) is 0. The number of hydrogen-bond acceptors (Lipinski definition) is 3. The molecule has 1 aliphatic rings. The molecular weight excluding hydrogens is 268 g/mol. The number of aryl methyl sites for hydroxylation is 1. The van der Waals surface area contributed by atoms with Gasteiger partial charge in [-0.25, -0.2) is 0 Å². The van der Waals surface area contributed by atoms with Crippen LogP contribution in [0.25, 0.3) is 0 Å². The van der Waals surface area contributed by atoms with E-state index in [-0.39, 0.29) is 5.91 Å². The predicted molar refractivity (Wildman–Crippen MR) is 84.9 cm³/mol. The molecule has 2 aromatic rings. The molecule has 3 rings (SSSR count). The van der Waals surface area contributed by atoms with Crippen LogP contribution in [-0.2, 0) is 0 Å². The Balaban J connectivity index is 1.75. The van der Waals surface area contributed by atoms with Gasteiger partial charge in [0.25, 0.3) is 5.91 Å². The maximum Gasteiger partial charge on any atom is 0.256 e. The van der Waals surface area contributed by atoms with Crippen LogP contribution in [0.5, 0.6) is 0 Å². The molecule has 1 saturated heterocycles. The largest absolute Gasteiger partial charge is 0.372 e. The number of anilines is 2. The fourth-order valence-electron chi connectivity index (χ4n) is 2.55. The number of thiophene rings is 1. The highest BCUT2D eigenvalue weighted by Crippen LogP contribution is 2.25. The number of rotatable bonds is 3. The second-order valence-electron chi connectivity index (χ2n) is 5.16. The topological polar surface area (TPSA) is 32.3 Å². The van der Waals surface area contributed by atoms with E-state index in [1.807, 2.05) is 29.8 Å². The van der Waals surface area contributed by atoms with Gasteiger partial charge in [0.05, 0.1) is 5.56 Å². The molecule has 0 saturated carbocycles. The molecule has 1 amide bonds. The highest BCUT2D eigenvalue weighted by atomic mass is 32.1. The second-order valence-corrected chi connectivity index (χ2v) is 5.94. The summed E-state index contributed by atoms with van der Waals surface area (Å²) in [6.07, 6.45) is 2.55. The molecule has 104 valence electrons. The maximum absolute atomic E-state index is 12.1. The van der Waals surface area contributed by atoms with E-state index < -0.39 is 0 Å². The molecule has 1 fully saturated rings. The Morgan fingerprint density at radius 3 is 2.70 bits per heavy atom. The van der Waals surface area contributed by atoms with Crippen LogP contribution in [0.1, 0.15) is 28.8 Å². The minimum absolute atomic E-state index is 0.0386. The Bertz CT molecular complexity index is 601. The molecule has 4 heteroatoms. The Labute approximate surface area is 123 Å². The Kier molecular flexibility index (Phi) is 3.74. The van der Waals surface area contributed by atoms with Gasteiger partial charge in [-0.15, -0.1) is 0 Å². The highest BCUT2D eigenvalue weighted by Gasteiger charge is 2.14. The van der Waals surface area contributed by atoms with Gasteiger partial charge in [-0.3, -0.25) is 4.79 Å². The third-order valence-electron chi connectivity index (χ3n) is 3.71. The fraction of sp³-hybridized carbons (Fsp3) is 0.312. The first kappa shape index (κ1) is 13.2. The van der Waals surface area contributed by atoms with Crippen LogP contribution in [0.2, 0.25) is 0 Å². The molecule has 0 bridgehead atoms. The van der Waals surface area contributed by atoms with Crippen molar-refractivity contribution in [3.8, 4) is 0 Å². The quantitative estimate of drug-likeness (QED) is 0.928. The summed E-state index contributed by atoms with van der Waals surface area (Å²) in [4.78, 5) is 14.5. The Morgan fingerprint density at radius 1 is 1.25 bits per heavy atom. The summed E-state index contributed by atoms with van der Waals surface area (Å²) in [6, 6.07) is 8.11. The zero-order chi connectivity index (χ0) is 13.9. The fourth-order valence-corrected chi connectivity index (χ4v) is 3.18. The third kappa shape index (κ3) is 2.70. The van der Waals surface area contributed by atoms with Crippen molar-refractivity contribution in [2.24, 2.45) is 0 Å². The Morgan fingerprint density at radius 2 is 2.05 bits per heavy atom. The maximum atomic E-state index is 12.1. The molecule has 0 atom stereocenters. The van der Waals surface area contributed by atoms with Crippen LogP contribution >= 0.6 is 11.3 Å². The molecule has 1 aromatic carbocycles. The van der Waals surface area contributed by atoms with Gasteiger partial charge in [0.1, 0.15) is 0 Å². The first-order valence-corrected chi connectivity index (χ1v) is 7.87. The molecule has 1 N–H and O–H groups in total. The van der Waals surface area contributed by atoms with Crippen LogP contribution in [-0.4, -0.2) is 19.0 Å². The zero-order valence-electron chi connectivity index (χ0n) is 11.6. The average molecular weight is 286 g/mol. The van der Waals surface area contributed by atoms with Gasteiger partial charge in [0.2, 0.25) is 0 Å². The van der Waals surface area contributed by atoms with E-state index in [1.54, 1.807) is 0 Å². The molecule has 0 unspecified atom stereocenters. The first-order chi connectivity index (χ1) is 9.74. The lowest BCUT2D eigenvalue weighted by Crippen LogP contribution is -2.18. The van der Waals surface area contributed by atoms with Crippen molar-refractivity contribution >= 4 is 28.6 Å². The van der Waals surface area contributed by atoms with Gasteiger partial charge >= 0.3 is 0 Å². The van der Waals surface area contributed by atoms with Gasteiger partial charge in [0.15, 0.2) is 0 Å². The van der Waals surface area contributed by atoms with Crippen molar-refractivity contribution in [2.75, 3.05) is 23.3 Å². The van der Waals surface area contributed by atoms with Crippen molar-refractivity contribution in [2.45, 2.75) is 19.8 Å². The van der Waals surface area contributed by atoms with Gasteiger partial charge < -0.3 is 10.2 Å². The van der Waals surface area contributed by atoms with Gasteiger partial charge in [-0.05, 0) is 55.0 Å². The SMILES string of the molecule is Cc1cc(N2CCCC2)ccc1NC(=O)c1ccsc1. The molecule has 0 aliphatic carbocycles. The molecule has 1 aromatic heterocycles. The lowest BCUT2D eigenvalue weighted by molar-refractivity contribution is 0.102. The van der Waals surface area contributed by atoms with Crippen LogP contribution in [0.3, 0.4) is 0 Å². The smallest absolute Gasteiger partial charge is 0.256 e. The van der Waals surface area contributed by atoms with E-state index >= 15 is 0 Å². The normalized spacial score (nSPS) is 14.6. The first-order valence-electron chi connectivity index (χ1n) is 6.93. The molecule has 20 heavy (non-hydrogen) atoms. The number of amides is 1. The minimum atomic E-state index is -0.0386. The standard InChI is InChI=1S/C16H18N2OS/c1-12-10-14(18-7-2-3-8-18)4-5-15(12)17-16(19)13-6-9-20-11-13/h4-6,9-11H,2-3,7-8H2,1H3,(H,17,19). The molecule has 0 radical (unpaired) electrons. The van der Waals surface area contributed by atoms with E-state index in [9.17, 15) is 4.79 Å². The van der Waals surface area contributed by atoms with Gasteiger partial charge in [-0.2, -0.15) is 11.3 Å². The predicted octanol–water partition coefficient (Wildman–Crippen LogP) is 3.91. The molecule has 1 aliphatic heterocycles. The molecule has 2 heterocycles. The molecule has 0 spiro atoms. The van der Waals surface area contributed by atoms with Crippen molar-refractivity contribution < 1.29 is 4.79 Å². The summed E-state index contributed by atoms with van der Waals surface area (Å²) in [5, 5.41) is 6.76. The van der Waals surface area contributed by atoms with Crippen molar-refractivity contribution in [1.82, 2.24) is 0 Å². The summed E-state index contributed by atoms with van der Waals surface area (Å²) < 4.78 is 0. The van der Waals surface area contributed by atoms with E-state index in [4.69, 9.17) is 0 Å². The van der Waals surface area contributed by atoms with E-state index in [1.165, 1.54) is 29.9 Å². The summed E-state index contributed by atoms with van der Waals surface area (Å²) in [5.74, 6) is -0.0386. The summed E-state index contributed by atoms with van der Waals surface area (Å²) in [6.45, 7) is 4.32. The Hall–Kier alpha value is -1.81. The van der Waals surface area contributed by atoms with E-state index in [2.05, 4.69) is 22.3 Å². The number of benzene rings is 1. The molecule has 3 nitrogen and oxygen atoms in total. The van der Waals surface area contributed by atoms with E-state index in [0.29, 0.717) is 0 Å². The molecular formula is C16H18N2OS. The van der Waals surface area contributed by atoms with Crippen molar-refractivity contribution in [3.05, 3.63) is 46.2 Å². The highest BCUT2D eigenvalue weighted by molar-refractivity contribution is 7.08. The average Bonchev–Trinajstić information content (AvgIpc) is 3.14. The minimum Gasteiger partial charge on any atom is -0.372 e. The van der Waals surface area contributed by atoms with Crippen LogP contribution in [0, 0.1) is 6.92 Å². The van der Waals surface area contributed by atoms with Crippen LogP contribution in [0.4, 0.5) is 11.4 Å². The van der Waals surface area contributed by atoms with Gasteiger partial charge in [0, 0.05) is 29.8 Å². The lowest BCUT2D eigenvalue weighted by atomic mass is 10.1. The summed E-state index contributed by atoms with van der Waals surface area (Å²) in [5.41, 5.74) is 3.98. The van der Waals surface area contributed by atoms with Crippen LogP contribution in [0.15, 0.2) is 35.0 Å². The van der Waals surface area contributed by atoms with Gasteiger partial charge in [-0.1, -0.05) is 0 Å². The monoisotopic (exact) mass is 286 g/mol. The van der Waals surface area contributed by atoms with E-state index in [0.717, 1.165) is 29.9 Å². The number of carbonyl (C=O) groups excluding carboxylic acids is 1. The third-order valence-corrected chi connectivity index (χ3v) is 4.40. The number of hydrogen-bond donors (Lipinski definition) is 1. The van der Waals surface area contributed by atoms with Crippen molar-refractivity contribution in [3.63, 3.8) is 0 Å². The van der Waals surface area contributed by atoms with Crippen molar-refractivity contribution in [1.29, 1.82) is 0 Å². The number of nitrogens with one attached hydrogen (secondary N) is 1. The zero-order valence-corrected chi connectivity index (χ0v) is 12.4. The van der Waals surface area contributed by atoms with Crippen LogP contribution < -0.4 is 10.2 Å².